The second kappa shape index (κ2) is 7.62. The summed E-state index contributed by atoms with van der Waals surface area (Å²) in [4.78, 5) is 34.4. The molecule has 22 heavy (non-hydrogen) atoms. The number of nitrogens with zero attached hydrogens (tertiary/aromatic N) is 3. The fraction of sp³-hybridized carbons (Fsp3) is 0.286. The molecule has 2 N–H and O–H groups in total. The largest absolute Gasteiger partial charge is 0.350 e. The molecule has 0 unspecified atom stereocenters. The van der Waals surface area contributed by atoms with Gasteiger partial charge < -0.3 is 15.5 Å². The normalized spacial score (nSPS) is 10.5. The zero-order valence-electron chi connectivity index (χ0n) is 12.4. The molecule has 0 aromatic carbocycles. The summed E-state index contributed by atoms with van der Waals surface area (Å²) in [6.45, 7) is 1.29. The zero-order valence-corrected chi connectivity index (χ0v) is 13.2. The number of nitrogens with one attached hydrogen (secondary N) is 2. The van der Waals surface area contributed by atoms with Crippen molar-refractivity contribution in [3.8, 4) is 0 Å². The maximum atomic E-state index is 12.1. The summed E-state index contributed by atoms with van der Waals surface area (Å²) in [6, 6.07) is 1.69. The van der Waals surface area contributed by atoms with Crippen molar-refractivity contribution >= 4 is 28.8 Å². The Hall–Kier alpha value is -2.32. The fourth-order valence-electron chi connectivity index (χ4n) is 1.66. The number of hydrogen-bond acceptors (Lipinski definition) is 6. The van der Waals surface area contributed by atoms with Gasteiger partial charge in [0, 0.05) is 25.5 Å². The predicted molar refractivity (Wildman–Crippen MR) is 85.2 cm³/mol. The number of anilines is 1. The number of amides is 2. The lowest BCUT2D eigenvalue weighted by Crippen LogP contribution is -2.31. The third-order valence-electron chi connectivity index (χ3n) is 2.76. The highest BCUT2D eigenvalue weighted by Gasteiger charge is 2.16. The van der Waals surface area contributed by atoms with Crippen molar-refractivity contribution in [3.63, 3.8) is 0 Å². The van der Waals surface area contributed by atoms with Crippen LogP contribution in [0.4, 0.5) is 5.69 Å². The number of aromatic nitrogens is 2. The fourth-order valence-corrected chi connectivity index (χ4v) is 2.43. The number of hydrogen-bond donors (Lipinski definition) is 2. The maximum absolute atomic E-state index is 12.1. The third-order valence-corrected chi connectivity index (χ3v) is 3.67. The lowest BCUT2D eigenvalue weighted by molar-refractivity contribution is 0.0956. The molecular formula is C14H17N5O2S. The van der Waals surface area contributed by atoms with E-state index >= 15 is 0 Å². The van der Waals surface area contributed by atoms with E-state index in [1.165, 1.54) is 29.9 Å². The van der Waals surface area contributed by atoms with Crippen molar-refractivity contribution in [2.75, 3.05) is 32.5 Å². The van der Waals surface area contributed by atoms with Crippen LogP contribution in [0, 0.1) is 0 Å². The van der Waals surface area contributed by atoms with E-state index in [1.54, 1.807) is 11.4 Å². The van der Waals surface area contributed by atoms with E-state index in [1.807, 2.05) is 19.0 Å². The first-order chi connectivity index (χ1) is 10.6. The summed E-state index contributed by atoms with van der Waals surface area (Å²) >= 11 is 1.28. The van der Waals surface area contributed by atoms with Crippen LogP contribution in [0.1, 0.15) is 20.2 Å². The van der Waals surface area contributed by atoms with Crippen LogP contribution in [0.3, 0.4) is 0 Å². The molecule has 0 atom stereocenters. The Kier molecular flexibility index (Phi) is 5.56. The van der Waals surface area contributed by atoms with Gasteiger partial charge in [-0.15, -0.1) is 11.3 Å². The number of carbonyl (C=O) groups excluding carboxylic acids is 2. The Morgan fingerprint density at radius 3 is 2.77 bits per heavy atom. The molecule has 2 heterocycles. The molecule has 2 aromatic rings. The van der Waals surface area contributed by atoms with E-state index in [4.69, 9.17) is 0 Å². The summed E-state index contributed by atoms with van der Waals surface area (Å²) in [6.07, 6.45) is 4.31. The molecule has 0 bridgehead atoms. The smallest absolute Gasteiger partial charge is 0.275 e. The minimum atomic E-state index is -0.395. The van der Waals surface area contributed by atoms with Crippen LogP contribution in [0.25, 0.3) is 0 Å². The van der Waals surface area contributed by atoms with Gasteiger partial charge in [0.15, 0.2) is 0 Å². The molecule has 0 spiro atoms. The van der Waals surface area contributed by atoms with Crippen molar-refractivity contribution in [2.45, 2.75) is 0 Å². The quantitative estimate of drug-likeness (QED) is 0.832. The summed E-state index contributed by atoms with van der Waals surface area (Å²) in [7, 11) is 3.87. The second-order valence-corrected chi connectivity index (χ2v) is 5.68. The van der Waals surface area contributed by atoms with Crippen LogP contribution < -0.4 is 10.6 Å². The van der Waals surface area contributed by atoms with E-state index in [0.717, 1.165) is 6.54 Å². The molecule has 0 aliphatic heterocycles. The van der Waals surface area contributed by atoms with Gasteiger partial charge in [-0.1, -0.05) is 0 Å². The third kappa shape index (κ3) is 4.34. The zero-order chi connectivity index (χ0) is 15.9. The lowest BCUT2D eigenvalue weighted by Gasteiger charge is -2.10. The molecule has 0 radical (unpaired) electrons. The molecule has 2 amide bonds. The number of thiophene rings is 1. The van der Waals surface area contributed by atoms with Crippen molar-refractivity contribution in [2.24, 2.45) is 0 Å². The van der Waals surface area contributed by atoms with Gasteiger partial charge in [0.25, 0.3) is 11.8 Å². The maximum Gasteiger partial charge on any atom is 0.275 e. The van der Waals surface area contributed by atoms with Gasteiger partial charge in [0.1, 0.15) is 10.6 Å². The second-order valence-electron chi connectivity index (χ2n) is 4.77. The van der Waals surface area contributed by atoms with Crippen LogP contribution >= 0.6 is 11.3 Å². The van der Waals surface area contributed by atoms with Crippen molar-refractivity contribution in [3.05, 3.63) is 40.6 Å². The Morgan fingerprint density at radius 1 is 1.27 bits per heavy atom. The van der Waals surface area contributed by atoms with E-state index < -0.39 is 5.91 Å². The molecule has 0 saturated heterocycles. The highest BCUT2D eigenvalue weighted by Crippen LogP contribution is 2.22. The van der Waals surface area contributed by atoms with Gasteiger partial charge in [0.2, 0.25) is 0 Å². The first-order valence-corrected chi connectivity index (χ1v) is 7.53. The molecule has 0 aliphatic rings. The number of likely N-dealkylation sites (N-methyl/N-ethyl adjacent to an activating group) is 1. The van der Waals surface area contributed by atoms with Crippen LogP contribution in [0.2, 0.25) is 0 Å². The van der Waals surface area contributed by atoms with Crippen LogP contribution in [-0.2, 0) is 0 Å². The van der Waals surface area contributed by atoms with Gasteiger partial charge in [-0.2, -0.15) is 0 Å². The van der Waals surface area contributed by atoms with Crippen molar-refractivity contribution in [1.29, 1.82) is 0 Å². The average Bonchev–Trinajstić information content (AvgIpc) is 2.96. The summed E-state index contributed by atoms with van der Waals surface area (Å²) in [5.74, 6) is -0.597. The first-order valence-electron chi connectivity index (χ1n) is 6.65. The highest BCUT2D eigenvalue weighted by molar-refractivity contribution is 7.12. The average molecular weight is 319 g/mol. The lowest BCUT2D eigenvalue weighted by atomic mass is 10.3. The van der Waals surface area contributed by atoms with E-state index in [-0.39, 0.29) is 11.6 Å². The Bertz CT molecular complexity index is 642. The molecule has 8 heteroatoms. The van der Waals surface area contributed by atoms with Crippen LogP contribution in [-0.4, -0.2) is 53.9 Å². The van der Waals surface area contributed by atoms with E-state index in [2.05, 4.69) is 20.6 Å². The molecule has 0 fully saturated rings. The Labute approximate surface area is 132 Å². The topological polar surface area (TPSA) is 87.2 Å². The Morgan fingerprint density at radius 2 is 2.09 bits per heavy atom. The minimum Gasteiger partial charge on any atom is -0.350 e. The van der Waals surface area contributed by atoms with Gasteiger partial charge in [-0.25, -0.2) is 4.98 Å². The monoisotopic (exact) mass is 319 g/mol. The molecule has 2 rings (SSSR count). The highest BCUT2D eigenvalue weighted by atomic mass is 32.1. The summed E-state index contributed by atoms with van der Waals surface area (Å²) < 4.78 is 0. The summed E-state index contributed by atoms with van der Waals surface area (Å²) in [5.41, 5.74) is 0.677. The van der Waals surface area contributed by atoms with E-state index in [9.17, 15) is 9.59 Å². The van der Waals surface area contributed by atoms with Gasteiger partial charge in [-0.05, 0) is 25.5 Å². The first kappa shape index (κ1) is 16.1. The molecule has 0 aliphatic carbocycles. The standard InChI is InChI=1S/C14H17N5O2S/c1-19(2)7-6-17-14(21)12-10(3-8-22-12)18-13(20)11-9-15-4-5-16-11/h3-5,8-9H,6-7H2,1-2H3,(H,17,21)(H,18,20). The molecule has 0 saturated carbocycles. The summed E-state index contributed by atoms with van der Waals surface area (Å²) in [5, 5.41) is 7.26. The number of rotatable bonds is 6. The van der Waals surface area contributed by atoms with Crippen molar-refractivity contribution in [1.82, 2.24) is 20.2 Å². The van der Waals surface area contributed by atoms with Crippen molar-refractivity contribution < 1.29 is 9.59 Å². The van der Waals surface area contributed by atoms with Gasteiger partial charge >= 0.3 is 0 Å². The van der Waals surface area contributed by atoms with Gasteiger partial charge in [-0.3, -0.25) is 14.6 Å². The van der Waals surface area contributed by atoms with E-state index in [0.29, 0.717) is 17.1 Å². The molecule has 7 nitrogen and oxygen atoms in total. The van der Waals surface area contributed by atoms with Crippen LogP contribution in [0.15, 0.2) is 30.0 Å². The minimum absolute atomic E-state index is 0.202. The number of carbonyl (C=O) groups is 2. The van der Waals surface area contributed by atoms with Gasteiger partial charge in [0.05, 0.1) is 11.9 Å². The molecule has 2 aromatic heterocycles. The van der Waals surface area contributed by atoms with Crippen LogP contribution in [0.5, 0.6) is 0 Å². The molecular weight excluding hydrogens is 302 g/mol. The Balaban J connectivity index is 2.00. The molecule has 116 valence electrons. The predicted octanol–water partition coefficient (Wildman–Crippen LogP) is 1.08. The SMILES string of the molecule is CN(C)CCNC(=O)c1sccc1NC(=O)c1cnccn1.